The van der Waals surface area contributed by atoms with E-state index in [1.54, 1.807) is 0 Å². The number of aliphatic imine (C=N–C) groups is 1. The van der Waals surface area contributed by atoms with E-state index in [0.29, 0.717) is 11.5 Å². The van der Waals surface area contributed by atoms with Crippen molar-refractivity contribution in [3.05, 3.63) is 0 Å². The van der Waals surface area contributed by atoms with Crippen molar-refractivity contribution >= 4 is 5.84 Å². The lowest BCUT2D eigenvalue weighted by atomic mass is 9.90. The smallest absolute Gasteiger partial charge is 0.105 e. The Labute approximate surface area is 68.3 Å². The Balaban J connectivity index is 2.32. The molecule has 0 bridgehead atoms. The molecule has 2 heteroatoms. The van der Waals surface area contributed by atoms with Crippen molar-refractivity contribution in [3.63, 3.8) is 0 Å². The van der Waals surface area contributed by atoms with E-state index in [-0.39, 0.29) is 0 Å². The molecule has 11 heavy (non-hydrogen) atoms. The van der Waals surface area contributed by atoms with Crippen molar-refractivity contribution in [2.24, 2.45) is 10.4 Å². The summed E-state index contributed by atoms with van der Waals surface area (Å²) in [5.41, 5.74) is 0.343. The van der Waals surface area contributed by atoms with Crippen molar-refractivity contribution in [1.29, 1.82) is 0 Å². The Morgan fingerprint density at radius 3 is 2.91 bits per heavy atom. The van der Waals surface area contributed by atoms with Crippen LogP contribution >= 0.6 is 0 Å². The van der Waals surface area contributed by atoms with Gasteiger partial charge in [-0.1, -0.05) is 13.8 Å². The van der Waals surface area contributed by atoms with Crippen molar-refractivity contribution in [3.8, 4) is 0 Å². The summed E-state index contributed by atoms with van der Waals surface area (Å²) >= 11 is 0. The SMILES string of the molecule is CC1CC(C)(C)C2=NCCN21. The van der Waals surface area contributed by atoms with Gasteiger partial charge in [0.1, 0.15) is 5.84 Å². The molecule has 1 saturated heterocycles. The van der Waals surface area contributed by atoms with Gasteiger partial charge >= 0.3 is 0 Å². The lowest BCUT2D eigenvalue weighted by molar-refractivity contribution is 0.366. The van der Waals surface area contributed by atoms with E-state index in [1.165, 1.54) is 12.3 Å². The molecule has 0 aromatic carbocycles. The summed E-state index contributed by atoms with van der Waals surface area (Å²) in [6, 6.07) is 0.714. The molecule has 62 valence electrons. The van der Waals surface area contributed by atoms with E-state index in [1.807, 2.05) is 0 Å². The van der Waals surface area contributed by atoms with Crippen LogP contribution in [0.5, 0.6) is 0 Å². The van der Waals surface area contributed by atoms with Gasteiger partial charge in [0.25, 0.3) is 0 Å². The predicted molar refractivity (Wildman–Crippen MR) is 46.9 cm³/mol. The quantitative estimate of drug-likeness (QED) is 0.514. The van der Waals surface area contributed by atoms with Gasteiger partial charge in [0.15, 0.2) is 0 Å². The molecule has 2 aliphatic heterocycles. The molecule has 0 aromatic rings. The summed E-state index contributed by atoms with van der Waals surface area (Å²) in [6.07, 6.45) is 1.27. The Morgan fingerprint density at radius 2 is 2.27 bits per heavy atom. The van der Waals surface area contributed by atoms with Crippen LogP contribution in [-0.4, -0.2) is 29.9 Å². The van der Waals surface area contributed by atoms with E-state index >= 15 is 0 Å². The minimum atomic E-state index is 0.343. The van der Waals surface area contributed by atoms with Gasteiger partial charge < -0.3 is 4.90 Å². The first kappa shape index (κ1) is 7.14. The van der Waals surface area contributed by atoms with Gasteiger partial charge in [0.2, 0.25) is 0 Å². The fourth-order valence-corrected chi connectivity index (χ4v) is 2.43. The Bertz CT molecular complexity index is 206. The maximum atomic E-state index is 4.54. The van der Waals surface area contributed by atoms with Crippen LogP contribution in [0.15, 0.2) is 4.99 Å². The minimum absolute atomic E-state index is 0.343. The van der Waals surface area contributed by atoms with Gasteiger partial charge in [0, 0.05) is 18.0 Å². The topological polar surface area (TPSA) is 15.6 Å². The molecule has 1 unspecified atom stereocenters. The average Bonchev–Trinajstić information content (AvgIpc) is 2.37. The van der Waals surface area contributed by atoms with Gasteiger partial charge in [-0.25, -0.2) is 0 Å². The van der Waals surface area contributed by atoms with Crippen LogP contribution < -0.4 is 0 Å². The number of amidine groups is 1. The third-order valence-electron chi connectivity index (χ3n) is 2.82. The van der Waals surface area contributed by atoms with E-state index in [4.69, 9.17) is 0 Å². The fourth-order valence-electron chi connectivity index (χ4n) is 2.43. The zero-order valence-corrected chi connectivity index (χ0v) is 7.59. The highest BCUT2D eigenvalue weighted by molar-refractivity contribution is 5.91. The maximum Gasteiger partial charge on any atom is 0.105 e. The molecule has 2 nitrogen and oxygen atoms in total. The number of nitrogens with zero attached hydrogens (tertiary/aromatic N) is 2. The standard InChI is InChI=1S/C9H16N2/c1-7-6-9(2,3)8-10-4-5-11(7)8/h7H,4-6H2,1-3H3. The lowest BCUT2D eigenvalue weighted by Gasteiger charge is -2.19. The van der Waals surface area contributed by atoms with Gasteiger partial charge in [0.05, 0.1) is 6.54 Å². The van der Waals surface area contributed by atoms with Crippen LogP contribution in [-0.2, 0) is 0 Å². The second kappa shape index (κ2) is 1.99. The highest BCUT2D eigenvalue weighted by atomic mass is 15.3. The van der Waals surface area contributed by atoms with Crippen molar-refractivity contribution in [2.75, 3.05) is 13.1 Å². The number of rotatable bonds is 0. The summed E-state index contributed by atoms with van der Waals surface area (Å²) in [5.74, 6) is 1.35. The third-order valence-corrected chi connectivity index (χ3v) is 2.82. The lowest BCUT2D eigenvalue weighted by Crippen LogP contribution is -2.30. The fraction of sp³-hybridized carbons (Fsp3) is 0.889. The molecule has 1 atom stereocenters. The molecule has 0 N–H and O–H groups in total. The van der Waals surface area contributed by atoms with E-state index in [0.717, 1.165) is 13.1 Å². The van der Waals surface area contributed by atoms with Gasteiger partial charge in [-0.05, 0) is 13.3 Å². The zero-order valence-electron chi connectivity index (χ0n) is 7.59. The molecule has 0 aliphatic carbocycles. The van der Waals surface area contributed by atoms with Crippen LogP contribution in [0.1, 0.15) is 27.2 Å². The molecule has 0 aromatic heterocycles. The Morgan fingerprint density at radius 1 is 1.55 bits per heavy atom. The maximum absolute atomic E-state index is 4.54. The van der Waals surface area contributed by atoms with Crippen LogP contribution in [0.4, 0.5) is 0 Å². The van der Waals surface area contributed by atoms with Gasteiger partial charge in [-0.2, -0.15) is 0 Å². The van der Waals surface area contributed by atoms with Gasteiger partial charge in [-0.3, -0.25) is 4.99 Å². The molecular formula is C9H16N2. The third kappa shape index (κ3) is 0.883. The molecule has 0 spiro atoms. The molecule has 0 amide bonds. The number of hydrogen-bond donors (Lipinski definition) is 0. The van der Waals surface area contributed by atoms with Crippen LogP contribution in [0.25, 0.3) is 0 Å². The minimum Gasteiger partial charge on any atom is -0.355 e. The highest BCUT2D eigenvalue weighted by Gasteiger charge is 2.42. The Hall–Kier alpha value is -0.530. The summed E-state index contributed by atoms with van der Waals surface area (Å²) in [5, 5.41) is 0. The first-order valence-corrected chi connectivity index (χ1v) is 4.43. The number of fused-ring (bicyclic) bond motifs is 1. The zero-order chi connectivity index (χ0) is 8.06. The molecule has 2 aliphatic rings. The van der Waals surface area contributed by atoms with Crippen LogP contribution in [0.3, 0.4) is 0 Å². The monoisotopic (exact) mass is 152 g/mol. The normalized spacial score (nSPS) is 33.9. The van der Waals surface area contributed by atoms with Crippen molar-refractivity contribution in [2.45, 2.75) is 33.2 Å². The molecule has 2 rings (SSSR count). The Kier molecular flexibility index (Phi) is 1.29. The highest BCUT2D eigenvalue weighted by Crippen LogP contribution is 2.37. The molecule has 0 saturated carbocycles. The van der Waals surface area contributed by atoms with Crippen LogP contribution in [0.2, 0.25) is 0 Å². The van der Waals surface area contributed by atoms with E-state index < -0.39 is 0 Å². The second-order valence-electron chi connectivity index (χ2n) is 4.34. The first-order chi connectivity index (χ1) is 5.11. The van der Waals surface area contributed by atoms with Crippen molar-refractivity contribution in [1.82, 2.24) is 4.90 Å². The number of hydrogen-bond acceptors (Lipinski definition) is 2. The summed E-state index contributed by atoms with van der Waals surface area (Å²) in [7, 11) is 0. The molecule has 0 radical (unpaired) electrons. The van der Waals surface area contributed by atoms with Crippen LogP contribution in [0, 0.1) is 5.41 Å². The average molecular weight is 152 g/mol. The molecule has 1 fully saturated rings. The molecule has 2 heterocycles. The van der Waals surface area contributed by atoms with Crippen molar-refractivity contribution < 1.29 is 0 Å². The van der Waals surface area contributed by atoms with E-state index in [9.17, 15) is 0 Å². The predicted octanol–water partition coefficient (Wildman–Crippen LogP) is 1.52. The summed E-state index contributed by atoms with van der Waals surface area (Å²) < 4.78 is 0. The summed E-state index contributed by atoms with van der Waals surface area (Å²) in [6.45, 7) is 9.07. The summed E-state index contributed by atoms with van der Waals surface area (Å²) in [4.78, 5) is 7.00. The largest absolute Gasteiger partial charge is 0.355 e. The second-order valence-corrected chi connectivity index (χ2v) is 4.34. The molecular weight excluding hydrogens is 136 g/mol. The first-order valence-electron chi connectivity index (χ1n) is 4.43. The van der Waals surface area contributed by atoms with Gasteiger partial charge in [-0.15, -0.1) is 0 Å². The van der Waals surface area contributed by atoms with E-state index in [2.05, 4.69) is 30.7 Å².